The molecule has 0 aliphatic rings. The largest absolute Gasteiger partial charge is 0.491 e. The summed E-state index contributed by atoms with van der Waals surface area (Å²) >= 11 is 0. The average molecular weight is 342 g/mol. The predicted octanol–water partition coefficient (Wildman–Crippen LogP) is 3.67. The summed E-state index contributed by atoms with van der Waals surface area (Å²) in [5.41, 5.74) is 1.82. The monoisotopic (exact) mass is 342 g/mol. The summed E-state index contributed by atoms with van der Waals surface area (Å²) in [5, 5.41) is 2.86. The summed E-state index contributed by atoms with van der Waals surface area (Å²) in [4.78, 5) is 23.4. The molecule has 2 aromatic rings. The lowest BCUT2D eigenvalue weighted by atomic mass is 10.2. The Balaban J connectivity index is 2.15. The smallest absolute Gasteiger partial charge is 0.274 e. The number of ether oxygens (including phenoxy) is 1. The lowest BCUT2D eigenvalue weighted by Crippen LogP contribution is -2.26. The highest BCUT2D eigenvalue weighted by atomic mass is 16.5. The van der Waals surface area contributed by atoms with E-state index in [9.17, 15) is 4.79 Å². The van der Waals surface area contributed by atoms with Crippen molar-refractivity contribution < 1.29 is 9.53 Å². The third-order valence-electron chi connectivity index (χ3n) is 3.61. The molecular weight excluding hydrogens is 316 g/mol. The van der Waals surface area contributed by atoms with Gasteiger partial charge in [0, 0.05) is 24.5 Å². The third-order valence-corrected chi connectivity index (χ3v) is 3.61. The van der Waals surface area contributed by atoms with Crippen molar-refractivity contribution in [3.63, 3.8) is 0 Å². The molecule has 25 heavy (non-hydrogen) atoms. The zero-order valence-corrected chi connectivity index (χ0v) is 15.5. The lowest BCUT2D eigenvalue weighted by Gasteiger charge is -2.19. The zero-order chi connectivity index (χ0) is 18.4. The number of amides is 1. The fourth-order valence-electron chi connectivity index (χ4n) is 2.40. The van der Waals surface area contributed by atoms with E-state index in [1.165, 1.54) is 0 Å². The molecule has 1 N–H and O–H groups in total. The molecule has 0 unspecified atom stereocenters. The molecule has 1 aromatic carbocycles. The van der Waals surface area contributed by atoms with Crippen LogP contribution in [0.25, 0.3) is 0 Å². The van der Waals surface area contributed by atoms with Crippen LogP contribution in [0.15, 0.2) is 30.3 Å². The van der Waals surface area contributed by atoms with Gasteiger partial charge in [0.15, 0.2) is 0 Å². The first-order valence-electron chi connectivity index (χ1n) is 8.61. The number of aryl methyl sites for hydroxylation is 1. The highest BCUT2D eigenvalue weighted by molar-refractivity contribution is 6.03. The minimum absolute atomic E-state index is 0.114. The van der Waals surface area contributed by atoms with Crippen LogP contribution in [-0.2, 0) is 0 Å². The van der Waals surface area contributed by atoms with Crippen LogP contribution in [-0.4, -0.2) is 35.1 Å². The van der Waals surface area contributed by atoms with Crippen molar-refractivity contribution in [2.24, 2.45) is 0 Å². The van der Waals surface area contributed by atoms with Gasteiger partial charge in [0.05, 0.1) is 6.10 Å². The molecule has 0 atom stereocenters. The molecule has 134 valence electrons. The van der Waals surface area contributed by atoms with E-state index in [2.05, 4.69) is 15.3 Å². The van der Waals surface area contributed by atoms with E-state index in [-0.39, 0.29) is 12.0 Å². The molecular formula is C19H26N4O2. The second kappa shape index (κ2) is 8.46. The summed E-state index contributed by atoms with van der Waals surface area (Å²) in [7, 11) is 0. The first kappa shape index (κ1) is 18.7. The van der Waals surface area contributed by atoms with Gasteiger partial charge in [-0.25, -0.2) is 9.97 Å². The predicted molar refractivity (Wildman–Crippen MR) is 100 cm³/mol. The molecule has 0 radical (unpaired) electrons. The van der Waals surface area contributed by atoms with Crippen molar-refractivity contribution in [3.05, 3.63) is 41.7 Å². The van der Waals surface area contributed by atoms with Crippen LogP contribution in [0.3, 0.4) is 0 Å². The van der Waals surface area contributed by atoms with E-state index in [0.717, 1.165) is 24.5 Å². The standard InChI is InChI=1S/C19H26N4O2/c1-6-23(7-2)19-20-14(5)12-17(22-19)18(24)21-15-8-10-16(11-9-15)25-13(3)4/h8-13H,6-7H2,1-5H3,(H,21,24). The van der Waals surface area contributed by atoms with Crippen molar-refractivity contribution in [2.45, 2.75) is 40.7 Å². The lowest BCUT2D eigenvalue weighted by molar-refractivity contribution is 0.102. The molecule has 0 saturated heterocycles. The molecule has 0 saturated carbocycles. The van der Waals surface area contributed by atoms with Crippen LogP contribution >= 0.6 is 0 Å². The molecule has 0 bridgehead atoms. The molecule has 1 amide bonds. The normalized spacial score (nSPS) is 10.6. The molecule has 1 heterocycles. The third kappa shape index (κ3) is 5.17. The number of hydrogen-bond donors (Lipinski definition) is 1. The van der Waals surface area contributed by atoms with Gasteiger partial charge < -0.3 is 15.0 Å². The van der Waals surface area contributed by atoms with E-state index in [4.69, 9.17) is 4.74 Å². The van der Waals surface area contributed by atoms with Crippen molar-refractivity contribution in [2.75, 3.05) is 23.3 Å². The average Bonchev–Trinajstić information content (AvgIpc) is 2.57. The van der Waals surface area contributed by atoms with Crippen LogP contribution in [0, 0.1) is 6.92 Å². The van der Waals surface area contributed by atoms with E-state index in [1.807, 2.05) is 63.8 Å². The van der Waals surface area contributed by atoms with Crippen molar-refractivity contribution >= 4 is 17.5 Å². The van der Waals surface area contributed by atoms with Crippen molar-refractivity contribution in [1.82, 2.24) is 9.97 Å². The number of carbonyl (C=O) groups is 1. The van der Waals surface area contributed by atoms with Gasteiger partial charge >= 0.3 is 0 Å². The van der Waals surface area contributed by atoms with E-state index in [1.54, 1.807) is 6.07 Å². The second-order valence-corrected chi connectivity index (χ2v) is 6.01. The van der Waals surface area contributed by atoms with Crippen LogP contribution in [0.5, 0.6) is 5.75 Å². The highest BCUT2D eigenvalue weighted by Gasteiger charge is 2.14. The Morgan fingerprint density at radius 3 is 2.36 bits per heavy atom. The number of rotatable bonds is 7. The Hall–Kier alpha value is -2.63. The van der Waals surface area contributed by atoms with Gasteiger partial charge in [0.1, 0.15) is 11.4 Å². The Morgan fingerprint density at radius 2 is 1.80 bits per heavy atom. The maximum absolute atomic E-state index is 12.5. The molecule has 0 spiro atoms. The zero-order valence-electron chi connectivity index (χ0n) is 15.5. The Bertz CT molecular complexity index is 710. The van der Waals surface area contributed by atoms with Gasteiger partial charge in [-0.2, -0.15) is 0 Å². The number of aromatic nitrogens is 2. The number of hydrogen-bond acceptors (Lipinski definition) is 5. The molecule has 0 aliphatic heterocycles. The number of carbonyl (C=O) groups excluding carboxylic acids is 1. The second-order valence-electron chi connectivity index (χ2n) is 6.01. The summed E-state index contributed by atoms with van der Waals surface area (Å²) in [6.07, 6.45) is 0.114. The Kier molecular flexibility index (Phi) is 6.33. The molecule has 2 rings (SSSR count). The summed E-state index contributed by atoms with van der Waals surface area (Å²) in [5.74, 6) is 1.10. The molecule has 0 aliphatic carbocycles. The van der Waals surface area contributed by atoms with Crippen LogP contribution in [0.2, 0.25) is 0 Å². The Labute approximate surface area is 149 Å². The number of nitrogens with zero attached hydrogens (tertiary/aromatic N) is 3. The highest BCUT2D eigenvalue weighted by Crippen LogP contribution is 2.18. The number of benzene rings is 1. The van der Waals surface area contributed by atoms with E-state index >= 15 is 0 Å². The molecule has 6 heteroatoms. The van der Waals surface area contributed by atoms with E-state index < -0.39 is 0 Å². The van der Waals surface area contributed by atoms with Gasteiger partial charge in [-0.1, -0.05) is 0 Å². The van der Waals surface area contributed by atoms with Gasteiger partial charge in [-0.3, -0.25) is 4.79 Å². The summed E-state index contributed by atoms with van der Waals surface area (Å²) in [6.45, 7) is 11.5. The summed E-state index contributed by atoms with van der Waals surface area (Å²) < 4.78 is 5.60. The number of nitrogens with one attached hydrogen (secondary N) is 1. The Morgan fingerprint density at radius 1 is 1.16 bits per heavy atom. The van der Waals surface area contributed by atoms with Crippen LogP contribution < -0.4 is 15.0 Å². The van der Waals surface area contributed by atoms with Crippen molar-refractivity contribution in [1.29, 1.82) is 0 Å². The van der Waals surface area contributed by atoms with Gasteiger partial charge in [0.25, 0.3) is 5.91 Å². The maximum atomic E-state index is 12.5. The number of anilines is 2. The summed E-state index contributed by atoms with van der Waals surface area (Å²) in [6, 6.07) is 8.99. The first-order chi connectivity index (χ1) is 11.9. The first-order valence-corrected chi connectivity index (χ1v) is 8.61. The fraction of sp³-hybridized carbons (Fsp3) is 0.421. The topological polar surface area (TPSA) is 67.4 Å². The quantitative estimate of drug-likeness (QED) is 0.831. The molecule has 6 nitrogen and oxygen atoms in total. The molecule has 0 fully saturated rings. The van der Waals surface area contributed by atoms with Crippen LogP contribution in [0.1, 0.15) is 43.9 Å². The van der Waals surface area contributed by atoms with Crippen LogP contribution in [0.4, 0.5) is 11.6 Å². The van der Waals surface area contributed by atoms with Gasteiger partial charge in [-0.15, -0.1) is 0 Å². The van der Waals surface area contributed by atoms with E-state index in [0.29, 0.717) is 17.3 Å². The van der Waals surface area contributed by atoms with Gasteiger partial charge in [-0.05, 0) is 65.0 Å². The minimum atomic E-state index is -0.253. The van der Waals surface area contributed by atoms with Gasteiger partial charge in [0.2, 0.25) is 5.95 Å². The molecule has 1 aromatic heterocycles. The maximum Gasteiger partial charge on any atom is 0.274 e. The van der Waals surface area contributed by atoms with Crippen molar-refractivity contribution in [3.8, 4) is 5.75 Å². The fourth-order valence-corrected chi connectivity index (χ4v) is 2.40. The minimum Gasteiger partial charge on any atom is -0.491 e. The SMILES string of the molecule is CCN(CC)c1nc(C)cc(C(=O)Nc2ccc(OC(C)C)cc2)n1.